The number of carbonyl (C=O) groups excluding carboxylic acids is 1. The summed E-state index contributed by atoms with van der Waals surface area (Å²) in [6, 6.07) is -0.0325. The lowest BCUT2D eigenvalue weighted by Crippen LogP contribution is -2.49. The molecule has 1 N–H and O–H groups in total. The van der Waals surface area contributed by atoms with E-state index in [1.165, 1.54) is 0 Å². The van der Waals surface area contributed by atoms with Gasteiger partial charge < -0.3 is 10.1 Å². The molecule has 1 aliphatic rings. The van der Waals surface area contributed by atoms with Crippen molar-refractivity contribution >= 4 is 6.09 Å². The van der Waals surface area contributed by atoms with Crippen LogP contribution in [0.3, 0.4) is 0 Å². The number of alkyl halides is 1. The minimum absolute atomic E-state index is 0.0116. The van der Waals surface area contributed by atoms with Crippen LogP contribution >= 0.6 is 0 Å². The van der Waals surface area contributed by atoms with Crippen molar-refractivity contribution in [2.75, 3.05) is 6.67 Å². The van der Waals surface area contributed by atoms with E-state index in [2.05, 4.69) is 5.32 Å². The average Bonchev–Trinajstić information content (AvgIpc) is 1.96. The molecule has 3 nitrogen and oxygen atoms in total. The van der Waals surface area contributed by atoms with Gasteiger partial charge in [-0.1, -0.05) is 0 Å². The van der Waals surface area contributed by atoms with Crippen molar-refractivity contribution in [3.63, 3.8) is 0 Å². The summed E-state index contributed by atoms with van der Waals surface area (Å²) >= 11 is 0. The molecular formula is C10H18FNO2. The van der Waals surface area contributed by atoms with Crippen molar-refractivity contribution < 1.29 is 13.9 Å². The maximum Gasteiger partial charge on any atom is 0.407 e. The highest BCUT2D eigenvalue weighted by atomic mass is 19.1. The lowest BCUT2D eigenvalue weighted by Gasteiger charge is -2.35. The summed E-state index contributed by atoms with van der Waals surface area (Å²) in [5, 5.41) is 2.67. The van der Waals surface area contributed by atoms with E-state index in [4.69, 9.17) is 4.74 Å². The van der Waals surface area contributed by atoms with E-state index in [1.54, 1.807) is 20.8 Å². The predicted octanol–water partition coefficient (Wildman–Crippen LogP) is 2.26. The van der Waals surface area contributed by atoms with Crippen molar-refractivity contribution in [2.24, 2.45) is 5.92 Å². The lowest BCUT2D eigenvalue weighted by atomic mass is 9.81. The Bertz CT molecular complexity index is 211. The summed E-state index contributed by atoms with van der Waals surface area (Å²) in [7, 11) is 0. The van der Waals surface area contributed by atoms with Crippen LogP contribution in [0.25, 0.3) is 0 Å². The second-order valence-electron chi connectivity index (χ2n) is 4.74. The number of hydrogen-bond donors (Lipinski definition) is 1. The molecule has 1 fully saturated rings. The number of hydrogen-bond acceptors (Lipinski definition) is 2. The molecule has 1 rings (SSSR count). The monoisotopic (exact) mass is 203 g/mol. The Kier molecular flexibility index (Phi) is 3.34. The fraction of sp³-hybridized carbons (Fsp3) is 0.900. The van der Waals surface area contributed by atoms with Crippen LogP contribution in [-0.4, -0.2) is 24.4 Å². The summed E-state index contributed by atoms with van der Waals surface area (Å²) in [4.78, 5) is 11.3. The Morgan fingerprint density at radius 2 is 2.14 bits per heavy atom. The molecule has 0 spiro atoms. The van der Waals surface area contributed by atoms with Crippen LogP contribution in [0.4, 0.5) is 9.18 Å². The zero-order valence-electron chi connectivity index (χ0n) is 8.97. The molecule has 1 amide bonds. The Balaban J connectivity index is 2.27. The number of rotatable bonds is 2. The first kappa shape index (κ1) is 11.3. The Hall–Kier alpha value is -0.800. The minimum Gasteiger partial charge on any atom is -0.444 e. The molecule has 0 radical (unpaired) electrons. The molecule has 0 aliphatic heterocycles. The van der Waals surface area contributed by atoms with E-state index in [9.17, 15) is 9.18 Å². The summed E-state index contributed by atoms with van der Waals surface area (Å²) in [6.07, 6.45) is 1.27. The highest BCUT2D eigenvalue weighted by Crippen LogP contribution is 2.27. The van der Waals surface area contributed by atoms with E-state index in [-0.39, 0.29) is 18.6 Å². The molecule has 1 aliphatic carbocycles. The fourth-order valence-electron chi connectivity index (χ4n) is 1.40. The molecule has 2 atom stereocenters. The molecule has 4 heteroatoms. The summed E-state index contributed by atoms with van der Waals surface area (Å²) in [5.41, 5.74) is -0.487. The standard InChI is InChI=1S/C10H18FNO2/c1-10(2,3)14-9(13)12-8-5-4-7(8)6-11/h7-8H,4-6H2,1-3H3,(H,12,13). The normalized spacial score (nSPS) is 26.6. The summed E-state index contributed by atoms with van der Waals surface area (Å²) < 4.78 is 17.3. The summed E-state index contributed by atoms with van der Waals surface area (Å²) in [6.45, 7) is 5.06. The molecule has 0 bridgehead atoms. The van der Waals surface area contributed by atoms with Crippen molar-refractivity contribution in [1.29, 1.82) is 0 Å². The largest absolute Gasteiger partial charge is 0.444 e. The van der Waals surface area contributed by atoms with Gasteiger partial charge in [0, 0.05) is 12.0 Å². The van der Waals surface area contributed by atoms with Crippen LogP contribution in [0.2, 0.25) is 0 Å². The van der Waals surface area contributed by atoms with Crippen LogP contribution in [-0.2, 0) is 4.74 Å². The van der Waals surface area contributed by atoms with Gasteiger partial charge in [-0.25, -0.2) is 4.79 Å². The summed E-state index contributed by atoms with van der Waals surface area (Å²) in [5.74, 6) is -0.0116. The smallest absolute Gasteiger partial charge is 0.407 e. The van der Waals surface area contributed by atoms with Gasteiger partial charge >= 0.3 is 6.09 Å². The van der Waals surface area contributed by atoms with E-state index in [1.807, 2.05) is 0 Å². The molecule has 2 unspecified atom stereocenters. The predicted molar refractivity (Wildman–Crippen MR) is 51.9 cm³/mol. The van der Waals surface area contributed by atoms with Gasteiger partial charge in [0.15, 0.2) is 0 Å². The molecule has 14 heavy (non-hydrogen) atoms. The molecule has 0 saturated heterocycles. The number of nitrogens with one attached hydrogen (secondary N) is 1. The average molecular weight is 203 g/mol. The van der Waals surface area contributed by atoms with Gasteiger partial charge in [0.1, 0.15) is 5.60 Å². The van der Waals surface area contributed by atoms with Crippen molar-refractivity contribution in [1.82, 2.24) is 5.32 Å². The fourth-order valence-corrected chi connectivity index (χ4v) is 1.40. The highest BCUT2D eigenvalue weighted by Gasteiger charge is 2.33. The first-order valence-corrected chi connectivity index (χ1v) is 4.98. The number of halogens is 1. The number of ether oxygens (including phenoxy) is 1. The third-order valence-corrected chi connectivity index (χ3v) is 2.32. The van der Waals surface area contributed by atoms with Crippen LogP contribution in [0.15, 0.2) is 0 Å². The molecule has 0 heterocycles. The van der Waals surface area contributed by atoms with Gasteiger partial charge in [-0.05, 0) is 33.6 Å². The van der Waals surface area contributed by atoms with Crippen LogP contribution in [0.1, 0.15) is 33.6 Å². The van der Waals surface area contributed by atoms with E-state index in [0.717, 1.165) is 12.8 Å². The number of amides is 1. The first-order chi connectivity index (χ1) is 6.42. The lowest BCUT2D eigenvalue weighted by molar-refractivity contribution is 0.0422. The quantitative estimate of drug-likeness (QED) is 0.747. The van der Waals surface area contributed by atoms with Crippen LogP contribution < -0.4 is 5.32 Å². The Morgan fingerprint density at radius 3 is 2.50 bits per heavy atom. The van der Waals surface area contributed by atoms with Gasteiger partial charge in [0.25, 0.3) is 0 Å². The highest BCUT2D eigenvalue weighted by molar-refractivity contribution is 5.68. The van der Waals surface area contributed by atoms with Crippen molar-refractivity contribution in [3.05, 3.63) is 0 Å². The zero-order chi connectivity index (χ0) is 10.8. The molecule has 0 aromatic heterocycles. The molecule has 82 valence electrons. The van der Waals surface area contributed by atoms with Crippen molar-refractivity contribution in [2.45, 2.75) is 45.3 Å². The van der Waals surface area contributed by atoms with E-state index in [0.29, 0.717) is 0 Å². The second-order valence-corrected chi connectivity index (χ2v) is 4.74. The molecule has 0 aromatic rings. The third-order valence-electron chi connectivity index (χ3n) is 2.32. The maximum atomic E-state index is 12.3. The molecular weight excluding hydrogens is 185 g/mol. The topological polar surface area (TPSA) is 38.3 Å². The molecule has 1 saturated carbocycles. The van der Waals surface area contributed by atoms with Gasteiger partial charge in [-0.15, -0.1) is 0 Å². The van der Waals surface area contributed by atoms with Crippen LogP contribution in [0.5, 0.6) is 0 Å². The van der Waals surface area contributed by atoms with Gasteiger partial charge in [0.2, 0.25) is 0 Å². The minimum atomic E-state index is -0.487. The SMILES string of the molecule is CC(C)(C)OC(=O)NC1CCC1CF. The van der Waals surface area contributed by atoms with Gasteiger partial charge in [-0.3, -0.25) is 4.39 Å². The maximum absolute atomic E-state index is 12.3. The Labute approximate surface area is 84.0 Å². The first-order valence-electron chi connectivity index (χ1n) is 4.98. The van der Waals surface area contributed by atoms with E-state index >= 15 is 0 Å². The third kappa shape index (κ3) is 3.16. The van der Waals surface area contributed by atoms with Crippen LogP contribution in [0, 0.1) is 5.92 Å². The second kappa shape index (κ2) is 4.15. The van der Waals surface area contributed by atoms with Gasteiger partial charge in [-0.2, -0.15) is 0 Å². The zero-order valence-corrected chi connectivity index (χ0v) is 8.97. The van der Waals surface area contributed by atoms with E-state index < -0.39 is 11.7 Å². The number of alkyl carbamates (subject to hydrolysis) is 1. The van der Waals surface area contributed by atoms with Crippen molar-refractivity contribution in [3.8, 4) is 0 Å². The van der Waals surface area contributed by atoms with Gasteiger partial charge in [0.05, 0.1) is 6.67 Å². The molecule has 0 aromatic carbocycles. The number of carbonyl (C=O) groups is 1. The Morgan fingerprint density at radius 1 is 1.50 bits per heavy atom.